The van der Waals surface area contributed by atoms with Crippen LogP contribution in [0.25, 0.3) is 44.8 Å². The summed E-state index contributed by atoms with van der Waals surface area (Å²) in [6.07, 6.45) is 22.0. The van der Waals surface area contributed by atoms with Gasteiger partial charge in [-0.2, -0.15) is 0 Å². The molecule has 8 N–H and O–H groups in total. The molecule has 8 aromatic rings. The number of aromatic nitrogens is 9. The Morgan fingerprint density at radius 1 is 0.526 bits per heavy atom. The predicted molar refractivity (Wildman–Crippen MR) is 301 cm³/mol. The van der Waals surface area contributed by atoms with Gasteiger partial charge in [-0.15, -0.1) is 0 Å². The maximum atomic E-state index is 12.4. The largest absolute Gasteiger partial charge is 0.473 e. The third-order valence-electron chi connectivity index (χ3n) is 13.4. The summed E-state index contributed by atoms with van der Waals surface area (Å²) >= 11 is 0. The lowest BCUT2D eigenvalue weighted by molar-refractivity contribution is 0.0658. The molecule has 3 aliphatic rings. The summed E-state index contributed by atoms with van der Waals surface area (Å²) < 4.78 is 7.87. The molecule has 0 unspecified atom stereocenters. The van der Waals surface area contributed by atoms with Crippen molar-refractivity contribution < 1.29 is 9.53 Å². The maximum Gasteiger partial charge on any atom is 0.272 e. The summed E-state index contributed by atoms with van der Waals surface area (Å²) in [5.41, 5.74) is 34.2. The SMILES string of the molecule is CN1CCN(C(=O)c2ccc(-c3ccncc3N)cn2)CC1.CN1CCN(c2ccc(-c3ccncc3N)cn2)CC1.Cc1nc(O[C@H]2CCN(C)C2)ccc1-c1ccncc1N.Cn1ccnc1-c1ccncc1N. The van der Waals surface area contributed by atoms with Crippen LogP contribution in [-0.4, -0.2) is 163 Å². The number of aryl methyl sites for hydroxylation is 2. The first-order chi connectivity index (χ1) is 36.8. The highest BCUT2D eigenvalue weighted by Crippen LogP contribution is 2.30. The van der Waals surface area contributed by atoms with Gasteiger partial charge < -0.3 is 56.7 Å². The molecular weight excluding hydrogens is 957 g/mol. The van der Waals surface area contributed by atoms with E-state index in [-0.39, 0.29) is 12.0 Å². The van der Waals surface area contributed by atoms with E-state index in [1.54, 1.807) is 68.0 Å². The van der Waals surface area contributed by atoms with Crippen LogP contribution in [0.3, 0.4) is 0 Å². The smallest absolute Gasteiger partial charge is 0.272 e. The number of nitrogens with two attached hydrogens (primary N) is 4. The first-order valence-electron chi connectivity index (χ1n) is 25.2. The highest BCUT2D eigenvalue weighted by molar-refractivity contribution is 5.93. The van der Waals surface area contributed by atoms with Gasteiger partial charge in [0, 0.05) is 173 Å². The van der Waals surface area contributed by atoms with Gasteiger partial charge in [0.25, 0.3) is 5.91 Å². The number of carbonyl (C=O) groups excluding carboxylic acids is 1. The van der Waals surface area contributed by atoms with Gasteiger partial charge in [0.15, 0.2) is 0 Å². The zero-order valence-corrected chi connectivity index (χ0v) is 43.9. The quantitative estimate of drug-likeness (QED) is 0.141. The van der Waals surface area contributed by atoms with Crippen LogP contribution in [0.5, 0.6) is 5.88 Å². The normalized spacial score (nSPS) is 15.8. The Balaban J connectivity index is 0.000000136. The molecule has 3 fully saturated rings. The molecule has 20 heteroatoms. The molecule has 1 amide bonds. The molecule has 0 bridgehead atoms. The van der Waals surface area contributed by atoms with Crippen molar-refractivity contribution in [2.75, 3.05) is 114 Å². The van der Waals surface area contributed by atoms with Crippen LogP contribution >= 0.6 is 0 Å². The molecule has 8 aromatic heterocycles. The van der Waals surface area contributed by atoms with Gasteiger partial charge in [0.05, 0.1) is 47.5 Å². The van der Waals surface area contributed by atoms with Gasteiger partial charge in [0.2, 0.25) is 5.88 Å². The van der Waals surface area contributed by atoms with Crippen molar-refractivity contribution in [2.45, 2.75) is 19.4 Å². The number of ether oxygens (including phenoxy) is 1. The number of likely N-dealkylation sites (tertiary alicyclic amines) is 1. The van der Waals surface area contributed by atoms with E-state index < -0.39 is 0 Å². The van der Waals surface area contributed by atoms with Gasteiger partial charge in [-0.3, -0.25) is 29.7 Å². The first kappa shape index (κ1) is 53.7. The van der Waals surface area contributed by atoms with Crippen LogP contribution < -0.4 is 32.6 Å². The molecule has 11 rings (SSSR count). The number of nitrogen functional groups attached to an aromatic ring is 4. The van der Waals surface area contributed by atoms with Crippen molar-refractivity contribution in [1.29, 1.82) is 0 Å². The van der Waals surface area contributed by atoms with E-state index in [1.165, 1.54) is 0 Å². The first-order valence-corrected chi connectivity index (χ1v) is 25.2. The average Bonchev–Trinajstić information content (AvgIpc) is 4.07. The van der Waals surface area contributed by atoms with Gasteiger partial charge in [0.1, 0.15) is 23.4 Å². The molecule has 0 spiro atoms. The van der Waals surface area contributed by atoms with E-state index in [2.05, 4.69) is 92.7 Å². The zero-order chi connectivity index (χ0) is 53.6. The lowest BCUT2D eigenvalue weighted by Gasteiger charge is -2.33. The molecule has 3 saturated heterocycles. The molecule has 3 aliphatic heterocycles. The highest BCUT2D eigenvalue weighted by atomic mass is 16.5. The molecule has 0 radical (unpaired) electrons. The van der Waals surface area contributed by atoms with Gasteiger partial charge in [-0.05, 0) is 83.0 Å². The summed E-state index contributed by atoms with van der Waals surface area (Å²) in [5.74, 6) is 2.57. The molecule has 0 saturated carbocycles. The third-order valence-corrected chi connectivity index (χ3v) is 13.4. The number of hydrogen-bond donors (Lipinski definition) is 4. The van der Waals surface area contributed by atoms with Crippen LogP contribution in [-0.2, 0) is 7.05 Å². The van der Waals surface area contributed by atoms with Crippen molar-refractivity contribution in [3.8, 4) is 50.6 Å². The molecule has 20 nitrogen and oxygen atoms in total. The van der Waals surface area contributed by atoms with Gasteiger partial charge >= 0.3 is 0 Å². The van der Waals surface area contributed by atoms with Crippen LogP contribution in [0.2, 0.25) is 0 Å². The fourth-order valence-electron chi connectivity index (χ4n) is 8.90. The molecule has 394 valence electrons. The average molecular weight is 1030 g/mol. The minimum absolute atomic E-state index is 0.0117. The Hall–Kier alpha value is -8.59. The summed E-state index contributed by atoms with van der Waals surface area (Å²) in [5, 5.41) is 0. The molecular formula is C56H68N18O2. The number of imidazole rings is 1. The molecule has 0 aromatic carbocycles. The third kappa shape index (κ3) is 14.0. The topological polar surface area (TPSA) is 255 Å². The van der Waals surface area contributed by atoms with Gasteiger partial charge in [-0.1, -0.05) is 6.07 Å². The second-order valence-electron chi connectivity index (χ2n) is 19.0. The van der Waals surface area contributed by atoms with Crippen molar-refractivity contribution >= 4 is 34.5 Å². The summed E-state index contributed by atoms with van der Waals surface area (Å²) in [7, 11) is 8.26. The van der Waals surface area contributed by atoms with Crippen molar-refractivity contribution in [3.63, 3.8) is 0 Å². The number of hydrogen-bond acceptors (Lipinski definition) is 18. The van der Waals surface area contributed by atoms with Crippen molar-refractivity contribution in [2.24, 2.45) is 7.05 Å². The van der Waals surface area contributed by atoms with E-state index in [9.17, 15) is 4.79 Å². The summed E-state index contributed by atoms with van der Waals surface area (Å²) in [4.78, 5) is 57.0. The number of pyridine rings is 7. The fourth-order valence-corrected chi connectivity index (χ4v) is 8.90. The number of piperazine rings is 2. The van der Waals surface area contributed by atoms with E-state index >= 15 is 0 Å². The molecule has 1 atom stereocenters. The van der Waals surface area contributed by atoms with Crippen LogP contribution in [0, 0.1) is 6.92 Å². The zero-order valence-electron chi connectivity index (χ0n) is 43.9. The molecule has 11 heterocycles. The van der Waals surface area contributed by atoms with E-state index in [1.807, 2.05) is 78.3 Å². The summed E-state index contributed by atoms with van der Waals surface area (Å²) in [6, 6.07) is 19.2. The van der Waals surface area contributed by atoms with Crippen LogP contribution in [0.15, 0.2) is 135 Å². The van der Waals surface area contributed by atoms with Crippen LogP contribution in [0.1, 0.15) is 22.6 Å². The minimum atomic E-state index is -0.0117. The number of likely N-dealkylation sites (N-methyl/N-ethyl adjacent to an activating group) is 3. The number of carbonyl (C=O) groups is 1. The number of nitrogens with zero attached hydrogens (tertiary/aromatic N) is 14. The van der Waals surface area contributed by atoms with Crippen molar-refractivity contribution in [1.82, 2.24) is 64.0 Å². The number of amides is 1. The minimum Gasteiger partial charge on any atom is -0.473 e. The van der Waals surface area contributed by atoms with E-state index in [0.717, 1.165) is 128 Å². The second-order valence-corrected chi connectivity index (χ2v) is 19.0. The Morgan fingerprint density at radius 3 is 1.54 bits per heavy atom. The van der Waals surface area contributed by atoms with E-state index in [4.69, 9.17) is 27.7 Å². The lowest BCUT2D eigenvalue weighted by atomic mass is 10.0. The standard InChI is InChI=1S/C16H19N5O.C16H20N4O.C15H19N5.C9H10N4/c1-20-6-8-21(9-7-20)16(22)15-3-2-12(10-19-15)13-4-5-18-11-14(13)17;1-11-13(14-5-7-18-9-15(14)17)3-4-16(19-11)21-12-6-8-20(2)10-12;1-19-6-8-20(9-7-19)15-3-2-12(10-18-15)13-4-5-17-11-14(13)16;1-13-5-4-12-9(13)7-2-3-11-6-8(7)10/h2-5,10-11H,6-9,17H2,1H3;3-5,7,9,12H,6,8,10,17H2,1-2H3;2-5,10-11H,6-9,16H2,1H3;2-6H,10H2,1H3/t;12-;;/m.0../s1. The summed E-state index contributed by atoms with van der Waals surface area (Å²) in [6.45, 7) is 11.5. The van der Waals surface area contributed by atoms with E-state index in [0.29, 0.717) is 34.3 Å². The maximum absolute atomic E-state index is 12.4. The molecule has 76 heavy (non-hydrogen) atoms. The fraction of sp³-hybridized carbons (Fsp3) is 0.304. The van der Waals surface area contributed by atoms with Crippen LogP contribution in [0.4, 0.5) is 28.6 Å². The van der Waals surface area contributed by atoms with Gasteiger partial charge in [-0.25, -0.2) is 15.0 Å². The predicted octanol–water partition coefficient (Wildman–Crippen LogP) is 5.77. The number of rotatable bonds is 8. The monoisotopic (exact) mass is 1020 g/mol. The highest BCUT2D eigenvalue weighted by Gasteiger charge is 2.23. The number of anilines is 5. The Morgan fingerprint density at radius 2 is 1.07 bits per heavy atom. The second kappa shape index (κ2) is 25.6. The Labute approximate surface area is 444 Å². The lowest BCUT2D eigenvalue weighted by Crippen LogP contribution is -2.47. The molecule has 0 aliphatic carbocycles. The Kier molecular flexibility index (Phi) is 18.1. The van der Waals surface area contributed by atoms with Crippen molar-refractivity contribution in [3.05, 3.63) is 146 Å². The Bertz CT molecular complexity index is 3140.